The second-order valence-electron chi connectivity index (χ2n) is 43.7. The number of fused-ring (bicyclic) bond motifs is 25. The molecule has 0 saturated heterocycles. The van der Waals surface area contributed by atoms with E-state index >= 15 is 0 Å². The quantitative estimate of drug-likeness (QED) is 0.142. The van der Waals surface area contributed by atoms with Crippen molar-refractivity contribution in [1.29, 1.82) is 0 Å². The molecule has 0 radical (unpaired) electrons. The van der Waals surface area contributed by atoms with Crippen LogP contribution in [-0.4, -0.2) is 18.3 Å². The Bertz CT molecular complexity index is 9980. The predicted molar refractivity (Wildman–Crippen MR) is 602 cm³/mol. The van der Waals surface area contributed by atoms with Crippen molar-refractivity contribution in [3.05, 3.63) is 447 Å². The highest BCUT2D eigenvalue weighted by Gasteiger charge is 2.63. The normalized spacial score (nSPS) is 20.8. The zero-order chi connectivity index (χ0) is 93.6. The number of nitrogens with zero attached hydrogens (tertiary/aromatic N) is 4. The zero-order valence-corrected chi connectivity index (χ0v) is 80.5. The van der Waals surface area contributed by atoms with Gasteiger partial charge in [-0.3, -0.25) is 0 Å². The first-order chi connectivity index (χ1) is 71.3. The van der Waals surface area contributed by atoms with Gasteiger partial charge >= 0.3 is 0 Å². The molecule has 6 heteroatoms. The van der Waals surface area contributed by atoms with Gasteiger partial charge in [-0.2, -0.15) is 0 Å². The summed E-state index contributed by atoms with van der Waals surface area (Å²) in [6, 6.07) is 161. The van der Waals surface area contributed by atoms with Crippen LogP contribution in [0, 0.1) is 47.3 Å². The Morgan fingerprint density at radius 3 is 1.06 bits per heavy atom. The molecule has 0 aliphatic heterocycles. The highest BCUT2D eigenvalue weighted by molar-refractivity contribution is 7.25. The first-order valence-electron chi connectivity index (χ1n) is 52.5. The third-order valence-corrected chi connectivity index (χ3v) is 38.0. The predicted octanol–water partition coefficient (Wildman–Crippen LogP) is 37.0. The van der Waals surface area contributed by atoms with Gasteiger partial charge in [0.1, 0.15) is 11.2 Å². The van der Waals surface area contributed by atoms with Gasteiger partial charge in [-0.05, 0) is 344 Å². The molecule has 2 spiro atoms. The van der Waals surface area contributed by atoms with Gasteiger partial charge in [-0.1, -0.05) is 297 Å². The largest absolute Gasteiger partial charge is 0.456 e. The van der Waals surface area contributed by atoms with Gasteiger partial charge in [0.15, 0.2) is 0 Å². The number of hydrogen-bond acceptors (Lipinski definition) is 2. The SMILES string of the molecule is c1ccc(-n2c3ccccc3c3ccc(-c4ccc5c6ccccc6n(-c6ccc7oc8ccc(-c9ccc%10c(c9)C9(c%11ccccc%11-%10)C%10CC%11CC(C%10)CC9C%11)cc8c7c6)c5c4)cc32)cc1.c1ccc2c(c1)-c1ccc(-c3ccc(-c4cccc5c(-n6c7ccccc7c7ccc(-c8ccc9c%10ccccc%10n(-c%10ccc%11c(c%10)sc%10ccccc%10%11)c9c8)cc76)cccc45)cc3)cc1C21C2CC3CC(C2)CC1C3. The third-order valence-electron chi connectivity index (χ3n) is 36.8. The summed E-state index contributed by atoms with van der Waals surface area (Å²) in [4.78, 5) is 0. The van der Waals surface area contributed by atoms with Gasteiger partial charge in [0.2, 0.25) is 0 Å². The van der Waals surface area contributed by atoms with Crippen molar-refractivity contribution < 1.29 is 4.42 Å². The Morgan fingerprint density at radius 2 is 0.528 bits per heavy atom. The van der Waals surface area contributed by atoms with Crippen molar-refractivity contribution >= 4 is 151 Å². The Labute approximate surface area is 837 Å². The Hall–Kier alpha value is -16.1. The fraction of sp³-hybridized carbons (Fsp3) is 0.145. The number of furan rings is 1. The summed E-state index contributed by atoms with van der Waals surface area (Å²) in [6.07, 6.45) is 14.1. The minimum Gasteiger partial charge on any atom is -0.456 e. The number of thiophene rings is 1. The molecule has 20 aromatic carbocycles. The third kappa shape index (κ3) is 11.4. The molecule has 8 fully saturated rings. The standard InChI is InChI=1S/C74H52N2S.C64H46N2O/c1-5-18-65-56(11-1)57-31-27-48(40-66(57)74(65)51-36-44-35-45(38-51)39-52(74)37-44)46-23-25-47(26-24-46)54-15-9-17-58-55(54)16-10-21-69(58)76-68-20-7-3-13-60(68)62-33-29-50(42-71(62)76)49-28-32-61-59-12-2-6-19-67(59)75(70(61)41-49)53-30-34-64-63-14-4-8-22-72(63)77-73(64)43-53;1-2-10-46(11-3-1)65-58-16-8-5-13-50(58)52-24-19-42(35-60(52)65)43-20-25-53-51-14-6-9-17-59(51)66(61(53)36-43)47-22-27-63-55(37-47)54-33-40(21-26-62(54)67-63)41-18-23-49-48-12-4-7-15-56(48)64(57(49)34-41)44-29-38-28-39(31-44)32-45(64)30-38/h1-34,40-45,51-52H,35-39H2;1-27,33-39,44-45H,28-32H2. The van der Waals surface area contributed by atoms with E-state index in [0.717, 1.165) is 75.0 Å². The minimum absolute atomic E-state index is 0.147. The molecule has 8 saturated carbocycles. The number of hydrogen-bond donors (Lipinski definition) is 0. The van der Waals surface area contributed by atoms with E-state index in [9.17, 15) is 0 Å². The highest BCUT2D eigenvalue weighted by Crippen LogP contribution is 2.72. The van der Waals surface area contributed by atoms with E-state index in [4.69, 9.17) is 4.42 Å². The van der Waals surface area contributed by atoms with Crippen molar-refractivity contribution in [3.63, 3.8) is 0 Å². The van der Waals surface area contributed by atoms with Gasteiger partial charge in [0, 0.05) is 107 Å². The number of aromatic nitrogens is 4. The molecular formula is C138H98N4OS. The fourth-order valence-electron chi connectivity index (χ4n) is 31.5. The summed E-state index contributed by atoms with van der Waals surface area (Å²) < 4.78 is 19.1. The first-order valence-corrected chi connectivity index (χ1v) is 53.3. The molecule has 682 valence electrons. The number of para-hydroxylation sites is 5. The van der Waals surface area contributed by atoms with Crippen LogP contribution < -0.4 is 0 Å². The van der Waals surface area contributed by atoms with E-state index in [1.54, 1.807) is 22.3 Å². The van der Waals surface area contributed by atoms with Crippen LogP contribution in [0.25, 0.3) is 241 Å². The molecule has 0 N–H and O–H groups in total. The maximum atomic E-state index is 6.63. The van der Waals surface area contributed by atoms with Crippen molar-refractivity contribution in [3.8, 4) is 101 Å². The molecule has 26 aromatic rings. The molecule has 144 heavy (non-hydrogen) atoms. The molecule has 10 aliphatic carbocycles. The van der Waals surface area contributed by atoms with E-state index in [1.165, 1.54) is 277 Å². The summed E-state index contributed by atoms with van der Waals surface area (Å²) in [5.41, 5.74) is 41.3. The molecular weight excluding hydrogens is 1760 g/mol. The van der Waals surface area contributed by atoms with E-state index in [-0.39, 0.29) is 10.8 Å². The van der Waals surface area contributed by atoms with Crippen LogP contribution >= 0.6 is 11.3 Å². The van der Waals surface area contributed by atoms with Gasteiger partial charge < -0.3 is 22.7 Å². The van der Waals surface area contributed by atoms with Crippen LogP contribution in [0.4, 0.5) is 0 Å². The average molecular weight is 1860 g/mol. The Kier molecular flexibility index (Phi) is 16.9. The highest BCUT2D eigenvalue weighted by atomic mass is 32.1. The van der Waals surface area contributed by atoms with Gasteiger partial charge in [-0.25, -0.2) is 0 Å². The van der Waals surface area contributed by atoms with Crippen LogP contribution in [0.15, 0.2) is 429 Å². The fourth-order valence-corrected chi connectivity index (χ4v) is 32.6. The van der Waals surface area contributed by atoms with Gasteiger partial charge in [-0.15, -0.1) is 11.3 Å². The van der Waals surface area contributed by atoms with Gasteiger partial charge in [0.25, 0.3) is 0 Å². The molecule has 8 bridgehead atoms. The van der Waals surface area contributed by atoms with Crippen molar-refractivity contribution in [2.24, 2.45) is 47.3 Å². The second-order valence-corrected chi connectivity index (χ2v) is 44.7. The Balaban J connectivity index is 0.000000128. The van der Waals surface area contributed by atoms with Crippen molar-refractivity contribution in [1.82, 2.24) is 18.3 Å². The summed E-state index contributed by atoms with van der Waals surface area (Å²) in [5, 5.41) is 17.5. The number of rotatable bonds is 9. The first kappa shape index (κ1) is 80.5. The maximum absolute atomic E-state index is 6.63. The molecule has 0 atom stereocenters. The molecule has 0 amide bonds. The van der Waals surface area contributed by atoms with Crippen LogP contribution in [0.1, 0.15) is 86.5 Å². The summed E-state index contributed by atoms with van der Waals surface area (Å²) in [6.45, 7) is 0. The monoisotopic (exact) mass is 1860 g/mol. The van der Waals surface area contributed by atoms with Crippen LogP contribution in [0.5, 0.6) is 0 Å². The lowest BCUT2D eigenvalue weighted by Crippen LogP contribution is -2.55. The van der Waals surface area contributed by atoms with Crippen LogP contribution in [-0.2, 0) is 10.8 Å². The van der Waals surface area contributed by atoms with E-state index in [2.05, 4.69) is 443 Å². The van der Waals surface area contributed by atoms with Crippen molar-refractivity contribution in [2.45, 2.75) is 75.0 Å². The lowest BCUT2D eigenvalue weighted by atomic mass is 9.43. The number of benzene rings is 20. The summed E-state index contributed by atoms with van der Waals surface area (Å²) in [7, 11) is 0. The Morgan fingerprint density at radius 1 is 0.188 bits per heavy atom. The van der Waals surface area contributed by atoms with E-state index in [0.29, 0.717) is 0 Å². The summed E-state index contributed by atoms with van der Waals surface area (Å²) >= 11 is 1.88. The van der Waals surface area contributed by atoms with Crippen LogP contribution in [0.2, 0.25) is 0 Å². The molecule has 0 unspecified atom stereocenters. The van der Waals surface area contributed by atoms with E-state index < -0.39 is 0 Å². The summed E-state index contributed by atoms with van der Waals surface area (Å²) in [5.74, 6) is 6.72. The van der Waals surface area contributed by atoms with Crippen LogP contribution in [0.3, 0.4) is 0 Å². The molecule has 36 rings (SSSR count). The minimum atomic E-state index is 0.147. The second kappa shape index (κ2) is 30.2. The molecule has 5 nitrogen and oxygen atoms in total. The smallest absolute Gasteiger partial charge is 0.135 e. The molecule has 10 aliphatic rings. The van der Waals surface area contributed by atoms with Gasteiger partial charge in [0.05, 0.1) is 49.8 Å². The molecule has 6 aromatic heterocycles. The van der Waals surface area contributed by atoms with Crippen molar-refractivity contribution in [2.75, 3.05) is 0 Å². The average Bonchev–Trinajstić information content (AvgIpc) is 1.50. The zero-order valence-electron chi connectivity index (χ0n) is 79.7. The lowest BCUT2D eigenvalue weighted by molar-refractivity contribution is -0.0399. The lowest BCUT2D eigenvalue weighted by Gasteiger charge is -2.61. The maximum Gasteiger partial charge on any atom is 0.135 e. The van der Waals surface area contributed by atoms with E-state index in [1.807, 2.05) is 11.3 Å². The molecule has 6 heterocycles. The topological polar surface area (TPSA) is 32.9 Å².